The Balaban J connectivity index is 2.08. The van der Waals surface area contributed by atoms with E-state index in [-0.39, 0.29) is 6.42 Å². The second-order valence-corrected chi connectivity index (χ2v) is 7.49. The molecule has 0 bridgehead atoms. The lowest BCUT2D eigenvalue weighted by Crippen LogP contribution is -2.43. The van der Waals surface area contributed by atoms with Crippen LogP contribution in [0.3, 0.4) is 0 Å². The summed E-state index contributed by atoms with van der Waals surface area (Å²) in [6, 6.07) is 6.67. The minimum absolute atomic E-state index is 0.222. The SMILES string of the molecule is COC(=O)[C@H](Cc1c[nH]c2ccccc12)NC(=O)OCC(Cl)(Cl)Cl. The van der Waals surface area contributed by atoms with Crippen LogP contribution >= 0.6 is 34.8 Å². The molecule has 2 N–H and O–H groups in total. The van der Waals surface area contributed by atoms with E-state index in [2.05, 4.69) is 10.3 Å². The Morgan fingerprint density at radius 3 is 2.67 bits per heavy atom. The lowest BCUT2D eigenvalue weighted by Gasteiger charge is -2.17. The number of esters is 1. The van der Waals surface area contributed by atoms with Crippen LogP contribution in [-0.2, 0) is 20.7 Å². The number of ether oxygens (including phenoxy) is 2. The lowest BCUT2D eigenvalue weighted by atomic mass is 10.1. The molecule has 1 heterocycles. The van der Waals surface area contributed by atoms with Crippen molar-refractivity contribution < 1.29 is 19.1 Å². The van der Waals surface area contributed by atoms with Crippen molar-refractivity contribution in [1.29, 1.82) is 0 Å². The fraction of sp³-hybridized carbons (Fsp3) is 0.333. The minimum Gasteiger partial charge on any atom is -0.467 e. The number of methoxy groups -OCH3 is 1. The van der Waals surface area contributed by atoms with Crippen molar-refractivity contribution in [1.82, 2.24) is 10.3 Å². The van der Waals surface area contributed by atoms with Crippen LogP contribution < -0.4 is 5.32 Å². The monoisotopic (exact) mass is 392 g/mol. The molecule has 1 amide bonds. The topological polar surface area (TPSA) is 80.4 Å². The zero-order chi connectivity index (χ0) is 17.7. The van der Waals surface area contributed by atoms with E-state index in [0.717, 1.165) is 16.5 Å². The number of alkyl carbamates (subject to hydrolysis) is 1. The van der Waals surface area contributed by atoms with Crippen LogP contribution in [0.1, 0.15) is 5.56 Å². The van der Waals surface area contributed by atoms with Gasteiger partial charge in [-0.15, -0.1) is 0 Å². The molecule has 24 heavy (non-hydrogen) atoms. The summed E-state index contributed by atoms with van der Waals surface area (Å²) in [5, 5.41) is 3.36. The number of para-hydroxylation sites is 1. The molecule has 0 aliphatic heterocycles. The summed E-state index contributed by atoms with van der Waals surface area (Å²) < 4.78 is 7.77. The zero-order valence-electron chi connectivity index (χ0n) is 12.6. The number of hydrogen-bond acceptors (Lipinski definition) is 4. The Labute approximate surface area is 153 Å². The average Bonchev–Trinajstić information content (AvgIpc) is 2.94. The highest BCUT2D eigenvalue weighted by Gasteiger charge is 2.26. The van der Waals surface area contributed by atoms with Crippen molar-refractivity contribution in [3.63, 3.8) is 0 Å². The first-order chi connectivity index (χ1) is 11.3. The van der Waals surface area contributed by atoms with Gasteiger partial charge in [-0.2, -0.15) is 0 Å². The molecule has 2 rings (SSSR count). The fourth-order valence-corrected chi connectivity index (χ4v) is 2.35. The number of fused-ring (bicyclic) bond motifs is 1. The largest absolute Gasteiger partial charge is 0.467 e. The fourth-order valence-electron chi connectivity index (χ4n) is 2.19. The van der Waals surface area contributed by atoms with Gasteiger partial charge in [0.2, 0.25) is 3.79 Å². The smallest absolute Gasteiger partial charge is 0.408 e. The van der Waals surface area contributed by atoms with E-state index >= 15 is 0 Å². The zero-order valence-corrected chi connectivity index (χ0v) is 14.9. The quantitative estimate of drug-likeness (QED) is 0.603. The van der Waals surface area contributed by atoms with Crippen molar-refractivity contribution >= 4 is 57.8 Å². The van der Waals surface area contributed by atoms with Gasteiger partial charge in [0.15, 0.2) is 0 Å². The van der Waals surface area contributed by atoms with E-state index in [1.165, 1.54) is 7.11 Å². The molecule has 0 radical (unpaired) electrons. The summed E-state index contributed by atoms with van der Waals surface area (Å²) >= 11 is 16.5. The third-order valence-electron chi connectivity index (χ3n) is 3.24. The Bertz CT molecular complexity index is 727. The van der Waals surface area contributed by atoms with Gasteiger partial charge in [-0.05, 0) is 11.6 Å². The van der Waals surface area contributed by atoms with Crippen LogP contribution in [0.5, 0.6) is 0 Å². The van der Waals surface area contributed by atoms with Crippen molar-refractivity contribution in [2.24, 2.45) is 0 Å². The number of carbonyl (C=O) groups excluding carboxylic acids is 2. The number of aromatic amines is 1. The summed E-state index contributed by atoms with van der Waals surface area (Å²) in [5.74, 6) is -0.605. The predicted octanol–water partition coefficient (Wildman–Crippen LogP) is 3.35. The van der Waals surface area contributed by atoms with Gasteiger partial charge in [0.1, 0.15) is 12.6 Å². The van der Waals surface area contributed by atoms with Crippen molar-refractivity contribution in [2.75, 3.05) is 13.7 Å². The Morgan fingerprint density at radius 1 is 1.29 bits per heavy atom. The molecule has 0 aliphatic carbocycles. The molecule has 0 saturated carbocycles. The standard InChI is InChI=1S/C15H15Cl3N2O4/c1-23-13(21)12(20-14(22)24-8-15(16,17)18)6-9-7-19-11-5-3-2-4-10(9)11/h2-5,7,12,19H,6,8H2,1H3,(H,20,22)/t12-/m0/s1. The maximum absolute atomic E-state index is 11.9. The van der Waals surface area contributed by atoms with Crippen LogP contribution in [0, 0.1) is 0 Å². The minimum atomic E-state index is -1.73. The number of amides is 1. The van der Waals surface area contributed by atoms with E-state index in [0.29, 0.717) is 0 Å². The molecule has 0 unspecified atom stereocenters. The number of carbonyl (C=O) groups is 2. The first-order valence-corrected chi connectivity index (χ1v) is 8.06. The number of hydrogen-bond donors (Lipinski definition) is 2. The normalized spacial score (nSPS) is 12.7. The Kier molecular flexibility index (Phi) is 6.21. The summed E-state index contributed by atoms with van der Waals surface area (Å²) in [5.41, 5.74) is 1.78. The Morgan fingerprint density at radius 2 is 2.00 bits per heavy atom. The second kappa shape index (κ2) is 7.96. The molecular formula is C15H15Cl3N2O4. The van der Waals surface area contributed by atoms with Gasteiger partial charge in [0, 0.05) is 23.5 Å². The van der Waals surface area contributed by atoms with Gasteiger partial charge < -0.3 is 19.8 Å². The average molecular weight is 394 g/mol. The highest BCUT2D eigenvalue weighted by Crippen LogP contribution is 2.26. The molecule has 1 atom stereocenters. The molecule has 9 heteroatoms. The maximum Gasteiger partial charge on any atom is 0.408 e. The first-order valence-electron chi connectivity index (χ1n) is 6.93. The molecule has 0 spiro atoms. The van der Waals surface area contributed by atoms with Crippen LogP contribution in [0.2, 0.25) is 0 Å². The highest BCUT2D eigenvalue weighted by molar-refractivity contribution is 6.67. The molecule has 2 aromatic rings. The summed E-state index contributed by atoms with van der Waals surface area (Å²) in [4.78, 5) is 26.8. The van der Waals surface area contributed by atoms with Crippen LogP contribution in [0.25, 0.3) is 10.9 Å². The number of benzene rings is 1. The van der Waals surface area contributed by atoms with Gasteiger partial charge in [-0.1, -0.05) is 53.0 Å². The second-order valence-electron chi connectivity index (χ2n) is 4.98. The van der Waals surface area contributed by atoms with E-state index in [1.54, 1.807) is 6.20 Å². The number of alkyl halides is 3. The van der Waals surface area contributed by atoms with Gasteiger partial charge in [-0.25, -0.2) is 9.59 Å². The van der Waals surface area contributed by atoms with Gasteiger partial charge in [0.25, 0.3) is 0 Å². The molecule has 0 saturated heterocycles. The molecule has 0 fully saturated rings. The van der Waals surface area contributed by atoms with Gasteiger partial charge in [0.05, 0.1) is 7.11 Å². The van der Waals surface area contributed by atoms with Crippen LogP contribution in [0.15, 0.2) is 30.5 Å². The third kappa shape index (κ3) is 5.19. The van der Waals surface area contributed by atoms with Crippen molar-refractivity contribution in [3.05, 3.63) is 36.0 Å². The summed E-state index contributed by atoms with van der Waals surface area (Å²) in [7, 11) is 1.24. The number of nitrogens with one attached hydrogen (secondary N) is 2. The molecule has 130 valence electrons. The van der Waals surface area contributed by atoms with Crippen LogP contribution in [-0.4, -0.2) is 40.6 Å². The van der Waals surface area contributed by atoms with Gasteiger partial charge >= 0.3 is 12.1 Å². The first kappa shape index (κ1) is 18.7. The lowest BCUT2D eigenvalue weighted by molar-refractivity contribution is -0.142. The molecule has 1 aromatic heterocycles. The van der Waals surface area contributed by atoms with E-state index in [1.807, 2.05) is 24.3 Å². The van der Waals surface area contributed by atoms with Gasteiger partial charge in [-0.3, -0.25) is 0 Å². The van der Waals surface area contributed by atoms with E-state index in [4.69, 9.17) is 44.3 Å². The summed E-state index contributed by atoms with van der Waals surface area (Å²) in [6.07, 6.45) is 1.12. The number of H-pyrrole nitrogens is 1. The van der Waals surface area contributed by atoms with Crippen molar-refractivity contribution in [3.8, 4) is 0 Å². The summed E-state index contributed by atoms with van der Waals surface area (Å²) in [6.45, 7) is -0.440. The Hall–Kier alpha value is -1.63. The molecular weight excluding hydrogens is 379 g/mol. The third-order valence-corrected chi connectivity index (χ3v) is 3.57. The maximum atomic E-state index is 11.9. The van der Waals surface area contributed by atoms with E-state index in [9.17, 15) is 9.59 Å². The number of halogens is 3. The number of rotatable bonds is 5. The molecule has 0 aliphatic rings. The van der Waals surface area contributed by atoms with Crippen LogP contribution in [0.4, 0.5) is 4.79 Å². The molecule has 6 nitrogen and oxygen atoms in total. The molecule has 1 aromatic carbocycles. The predicted molar refractivity (Wildman–Crippen MR) is 92.6 cm³/mol. The highest BCUT2D eigenvalue weighted by atomic mass is 35.6. The van der Waals surface area contributed by atoms with Crippen molar-refractivity contribution in [2.45, 2.75) is 16.3 Å². The number of aromatic nitrogens is 1. The van der Waals surface area contributed by atoms with E-state index < -0.39 is 28.5 Å².